The summed E-state index contributed by atoms with van der Waals surface area (Å²) in [7, 11) is 0. The molecule has 0 amide bonds. The maximum atomic E-state index is 11.5. The molecule has 0 aliphatic carbocycles. The van der Waals surface area contributed by atoms with E-state index in [0.717, 1.165) is 11.5 Å². The molecule has 0 aliphatic heterocycles. The number of benzene rings is 3. The number of rotatable bonds is 14. The van der Waals surface area contributed by atoms with Crippen molar-refractivity contribution in [1.29, 1.82) is 0 Å². The molecule has 0 fully saturated rings. The molecule has 0 unspecified atom stereocenters. The predicted octanol–water partition coefficient (Wildman–Crippen LogP) is 7.33. The van der Waals surface area contributed by atoms with Gasteiger partial charge in [-0.15, -0.1) is 0 Å². The average molecular weight is 571 g/mol. The Balaban J connectivity index is 1.60. The minimum atomic E-state index is -0.412. The predicted molar refractivity (Wildman–Crippen MR) is 166 cm³/mol. The first-order valence-electron chi connectivity index (χ1n) is 14.1. The second kappa shape index (κ2) is 14.0. The smallest absolute Gasteiger partial charge is 0.333 e. The molecule has 0 saturated carbocycles. The van der Waals surface area contributed by atoms with Crippen LogP contribution < -0.4 is 9.47 Å². The molecule has 3 rings (SSSR count). The lowest BCUT2D eigenvalue weighted by molar-refractivity contribution is -0.140. The van der Waals surface area contributed by atoms with Crippen LogP contribution in [0.4, 0.5) is 0 Å². The normalized spacial score (nSPS) is 11.4. The van der Waals surface area contributed by atoms with Crippen LogP contribution in [0.3, 0.4) is 0 Å². The Bertz CT molecular complexity index is 1270. The molecule has 0 saturated heterocycles. The van der Waals surface area contributed by atoms with Crippen LogP contribution in [0, 0.1) is 0 Å². The monoisotopic (exact) mass is 570 g/mol. The molecule has 3 aromatic rings. The van der Waals surface area contributed by atoms with Gasteiger partial charge >= 0.3 is 11.9 Å². The van der Waals surface area contributed by atoms with E-state index in [1.165, 1.54) is 22.3 Å². The van der Waals surface area contributed by atoms with Crippen LogP contribution in [0.25, 0.3) is 0 Å². The summed E-state index contributed by atoms with van der Waals surface area (Å²) in [6.07, 6.45) is 0. The fourth-order valence-corrected chi connectivity index (χ4v) is 4.41. The lowest BCUT2D eigenvalue weighted by Gasteiger charge is -2.29. The van der Waals surface area contributed by atoms with Gasteiger partial charge in [-0.3, -0.25) is 0 Å². The molecule has 0 bridgehead atoms. The fraction of sp³-hybridized carbons (Fsp3) is 0.333. The minimum Gasteiger partial charge on any atom is -0.490 e. The molecule has 0 aromatic heterocycles. The van der Waals surface area contributed by atoms with E-state index in [4.69, 9.17) is 18.9 Å². The van der Waals surface area contributed by atoms with Crippen molar-refractivity contribution in [2.75, 3.05) is 26.4 Å². The maximum Gasteiger partial charge on any atom is 0.333 e. The lowest BCUT2D eigenvalue weighted by atomic mass is 9.74. The summed E-state index contributed by atoms with van der Waals surface area (Å²) >= 11 is 0. The number of hydrogen-bond acceptors (Lipinski definition) is 6. The van der Waals surface area contributed by atoms with Gasteiger partial charge in [0.05, 0.1) is 0 Å². The van der Waals surface area contributed by atoms with E-state index in [-0.39, 0.29) is 37.3 Å². The lowest BCUT2D eigenvalue weighted by Crippen LogP contribution is -2.21. The number of carbonyl (C=O) groups is 2. The largest absolute Gasteiger partial charge is 0.490 e. The Morgan fingerprint density at radius 3 is 1.05 bits per heavy atom. The van der Waals surface area contributed by atoms with Crippen molar-refractivity contribution in [2.24, 2.45) is 0 Å². The van der Waals surface area contributed by atoms with Gasteiger partial charge in [0, 0.05) is 22.0 Å². The molecule has 0 atom stereocenters. The first-order chi connectivity index (χ1) is 19.8. The van der Waals surface area contributed by atoms with Gasteiger partial charge in [0.2, 0.25) is 0 Å². The molecule has 0 radical (unpaired) electrons. The van der Waals surface area contributed by atoms with Gasteiger partial charge in [0.1, 0.15) is 37.9 Å². The van der Waals surface area contributed by atoms with Crippen molar-refractivity contribution in [3.8, 4) is 11.5 Å². The van der Waals surface area contributed by atoms with Crippen molar-refractivity contribution in [1.82, 2.24) is 0 Å². The summed E-state index contributed by atoms with van der Waals surface area (Å²) < 4.78 is 21.6. The van der Waals surface area contributed by atoms with Crippen molar-refractivity contribution >= 4 is 11.9 Å². The summed E-state index contributed by atoms with van der Waals surface area (Å²) in [6.45, 7) is 20.1. The Morgan fingerprint density at radius 1 is 0.524 bits per heavy atom. The third-order valence-corrected chi connectivity index (χ3v) is 7.35. The Labute approximate surface area is 250 Å². The first kappa shape index (κ1) is 32.2. The van der Waals surface area contributed by atoms with E-state index < -0.39 is 11.9 Å². The van der Waals surface area contributed by atoms with Gasteiger partial charge in [-0.25, -0.2) is 9.59 Å². The number of hydrogen-bond donors (Lipinski definition) is 0. The van der Waals surface area contributed by atoms with E-state index in [9.17, 15) is 9.59 Å². The Morgan fingerprint density at radius 2 is 0.786 bits per heavy atom. The highest BCUT2D eigenvalue weighted by molar-refractivity contribution is 5.87. The van der Waals surface area contributed by atoms with Crippen LogP contribution in [-0.2, 0) is 29.9 Å². The zero-order valence-electron chi connectivity index (χ0n) is 25.6. The molecule has 42 heavy (non-hydrogen) atoms. The number of esters is 2. The standard InChI is InChI=1S/C36H42O6/c1-25(2)33(37)41-23-21-39-31-17-13-29(14-18-31)35(5,6)27-9-11-28(12-10-27)36(7,8)30-15-19-32(20-16-30)40-22-24-42-34(38)26(3)4/h9-20H,1,3,21-24H2,2,4-8H3. The zero-order chi connectivity index (χ0) is 30.9. The molecule has 0 N–H and O–H groups in total. The molecular formula is C36H42O6. The third-order valence-electron chi connectivity index (χ3n) is 7.35. The van der Waals surface area contributed by atoms with Gasteiger partial charge in [-0.1, -0.05) is 89.4 Å². The van der Waals surface area contributed by atoms with E-state index in [2.05, 4.69) is 89.4 Å². The summed E-state index contributed by atoms with van der Waals surface area (Å²) in [5, 5.41) is 0. The highest BCUT2D eigenvalue weighted by Crippen LogP contribution is 2.36. The van der Waals surface area contributed by atoms with Crippen LogP contribution in [0.5, 0.6) is 11.5 Å². The van der Waals surface area contributed by atoms with Crippen molar-refractivity contribution < 1.29 is 28.5 Å². The van der Waals surface area contributed by atoms with Gasteiger partial charge < -0.3 is 18.9 Å². The van der Waals surface area contributed by atoms with Crippen molar-refractivity contribution in [3.63, 3.8) is 0 Å². The minimum absolute atomic E-state index is 0.175. The summed E-state index contributed by atoms with van der Waals surface area (Å²) in [5.41, 5.74) is 5.07. The van der Waals surface area contributed by atoms with E-state index in [0.29, 0.717) is 11.1 Å². The molecular weight excluding hydrogens is 528 g/mol. The van der Waals surface area contributed by atoms with Gasteiger partial charge in [0.25, 0.3) is 0 Å². The molecule has 0 heterocycles. The molecule has 222 valence electrons. The SMILES string of the molecule is C=C(C)C(=O)OCCOc1ccc(C(C)(C)c2ccc(C(C)(C)c3ccc(OCCOC(=O)C(=C)C)cc3)cc2)cc1. The van der Waals surface area contributed by atoms with E-state index in [1.54, 1.807) is 13.8 Å². The van der Waals surface area contributed by atoms with Gasteiger partial charge in [-0.2, -0.15) is 0 Å². The van der Waals surface area contributed by atoms with Gasteiger partial charge in [0.15, 0.2) is 0 Å². The summed E-state index contributed by atoms with van der Waals surface area (Å²) in [6, 6.07) is 24.8. The topological polar surface area (TPSA) is 71.1 Å². The molecule has 3 aromatic carbocycles. The van der Waals surface area contributed by atoms with E-state index in [1.807, 2.05) is 24.3 Å². The Kier molecular flexibility index (Phi) is 10.8. The van der Waals surface area contributed by atoms with Crippen molar-refractivity contribution in [2.45, 2.75) is 52.4 Å². The summed E-state index contributed by atoms with van der Waals surface area (Å²) in [5.74, 6) is 0.622. The quantitative estimate of drug-likeness (QED) is 0.115. The fourth-order valence-electron chi connectivity index (χ4n) is 4.41. The molecule has 6 heteroatoms. The third kappa shape index (κ3) is 8.35. The van der Waals surface area contributed by atoms with Crippen LogP contribution in [-0.4, -0.2) is 38.4 Å². The summed E-state index contributed by atoms with van der Waals surface area (Å²) in [4.78, 5) is 23.0. The second-order valence-corrected chi connectivity index (χ2v) is 11.4. The van der Waals surface area contributed by atoms with Crippen LogP contribution in [0.2, 0.25) is 0 Å². The maximum absolute atomic E-state index is 11.5. The number of ether oxygens (including phenoxy) is 4. The van der Waals surface area contributed by atoms with Crippen LogP contribution in [0.15, 0.2) is 97.1 Å². The number of carbonyl (C=O) groups excluding carboxylic acids is 2. The molecule has 0 aliphatic rings. The highest BCUT2D eigenvalue weighted by Gasteiger charge is 2.26. The van der Waals surface area contributed by atoms with E-state index >= 15 is 0 Å². The highest BCUT2D eigenvalue weighted by atomic mass is 16.6. The van der Waals surface area contributed by atoms with Gasteiger partial charge in [-0.05, 0) is 60.4 Å². The van der Waals surface area contributed by atoms with Crippen LogP contribution >= 0.6 is 0 Å². The second-order valence-electron chi connectivity index (χ2n) is 11.4. The average Bonchev–Trinajstić information content (AvgIpc) is 2.97. The zero-order valence-corrected chi connectivity index (χ0v) is 25.6. The molecule has 0 spiro atoms. The Hall–Kier alpha value is -4.32. The molecule has 6 nitrogen and oxygen atoms in total. The van der Waals surface area contributed by atoms with Crippen molar-refractivity contribution in [3.05, 3.63) is 119 Å². The van der Waals surface area contributed by atoms with Crippen LogP contribution in [0.1, 0.15) is 63.8 Å². The first-order valence-corrected chi connectivity index (χ1v) is 14.1.